The van der Waals surface area contributed by atoms with Crippen molar-refractivity contribution in [1.29, 1.82) is 0 Å². The van der Waals surface area contributed by atoms with Crippen LogP contribution in [0.4, 0.5) is 11.6 Å². The van der Waals surface area contributed by atoms with E-state index in [1.54, 1.807) is 6.07 Å². The molecule has 1 heterocycles. The van der Waals surface area contributed by atoms with Crippen molar-refractivity contribution in [2.45, 2.75) is 0 Å². The Morgan fingerprint density at radius 2 is 1.88 bits per heavy atom. The van der Waals surface area contributed by atoms with Crippen LogP contribution in [0, 0.1) is 10.1 Å². The third kappa shape index (κ3) is 2.26. The third-order valence-electron chi connectivity index (χ3n) is 3.80. The predicted molar refractivity (Wildman–Crippen MR) is 90.8 cm³/mol. The van der Waals surface area contributed by atoms with Gasteiger partial charge in [-0.1, -0.05) is 18.2 Å². The second-order valence-corrected chi connectivity index (χ2v) is 5.29. The van der Waals surface area contributed by atoms with Crippen molar-refractivity contribution in [1.82, 2.24) is 9.97 Å². The maximum Gasteiger partial charge on any atom is 0.281 e. The van der Waals surface area contributed by atoms with Crippen molar-refractivity contribution in [2.75, 3.05) is 5.43 Å². The van der Waals surface area contributed by atoms with Crippen molar-refractivity contribution in [3.8, 4) is 0 Å². The molecule has 0 fully saturated rings. The fraction of sp³-hybridized carbons (Fsp3) is 0. The van der Waals surface area contributed by atoms with Gasteiger partial charge in [-0.2, -0.15) is 5.10 Å². The number of aromatic amines is 1. The number of benzene rings is 2. The Hall–Kier alpha value is -3.88. The molecule has 0 saturated carbocycles. The topological polar surface area (TPSA) is 130 Å². The summed E-state index contributed by atoms with van der Waals surface area (Å²) in [6.45, 7) is 0. The Balaban J connectivity index is 1.87. The van der Waals surface area contributed by atoms with Crippen molar-refractivity contribution >= 4 is 33.4 Å². The van der Waals surface area contributed by atoms with Gasteiger partial charge in [0.2, 0.25) is 16.8 Å². The quantitative estimate of drug-likeness (QED) is 0.426. The average Bonchev–Trinajstić information content (AvgIpc) is 3.13. The van der Waals surface area contributed by atoms with Crippen LogP contribution in [0.5, 0.6) is 0 Å². The first-order valence-corrected chi connectivity index (χ1v) is 7.21. The molecule has 2 N–H and O–H groups in total. The lowest BCUT2D eigenvalue weighted by Crippen LogP contribution is -2.32. The minimum absolute atomic E-state index is 0.0237. The van der Waals surface area contributed by atoms with Gasteiger partial charge >= 0.3 is 0 Å². The van der Waals surface area contributed by atoms with Crippen LogP contribution in [-0.2, 0) is 0 Å². The fourth-order valence-corrected chi connectivity index (χ4v) is 2.69. The Kier molecular flexibility index (Phi) is 3.14. The zero-order valence-corrected chi connectivity index (χ0v) is 12.5. The van der Waals surface area contributed by atoms with Crippen LogP contribution in [-0.4, -0.2) is 14.9 Å². The molecule has 3 aromatic carbocycles. The SMILES string of the molecule is O=c1/c(=N/Nc2nc3ccccc3[nH]2)c(=O)c2c([N+](=O)[O-])cccc12. The molecule has 0 amide bonds. The van der Waals surface area contributed by atoms with Gasteiger partial charge in [-0.15, -0.1) is 0 Å². The number of nitrogens with zero attached hydrogens (tertiary/aromatic N) is 3. The maximum atomic E-state index is 12.4. The molecule has 0 radical (unpaired) electrons. The van der Waals surface area contributed by atoms with Gasteiger partial charge in [-0.25, -0.2) is 10.4 Å². The van der Waals surface area contributed by atoms with E-state index in [0.29, 0.717) is 5.52 Å². The molecule has 0 aliphatic rings. The van der Waals surface area contributed by atoms with E-state index >= 15 is 0 Å². The second kappa shape index (κ2) is 5.34. The summed E-state index contributed by atoms with van der Waals surface area (Å²) < 4.78 is 0. The molecule has 0 aliphatic carbocycles. The van der Waals surface area contributed by atoms with Gasteiger partial charge in [0.25, 0.3) is 5.69 Å². The van der Waals surface area contributed by atoms with Gasteiger partial charge < -0.3 is 4.98 Å². The summed E-state index contributed by atoms with van der Waals surface area (Å²) in [7, 11) is 0. The molecule has 9 heteroatoms. The number of rotatable bonds is 3. The standard InChI is InChI=1S/C16H9N5O4/c22-14-8-4-3-7-11(21(24)25)12(8)15(23)13(14)19-20-16-17-9-5-1-2-6-10(9)18-16/h1-7H,(H2,17,18,20)/b19-13-. The largest absolute Gasteiger partial charge is 0.323 e. The zero-order valence-electron chi connectivity index (χ0n) is 12.5. The number of non-ortho nitro benzene ring substituents is 1. The Labute approximate surface area is 138 Å². The van der Waals surface area contributed by atoms with E-state index in [-0.39, 0.29) is 16.7 Å². The minimum atomic E-state index is -0.782. The molecular formula is C16H9N5O4. The van der Waals surface area contributed by atoms with Crippen LogP contribution >= 0.6 is 0 Å². The maximum absolute atomic E-state index is 12.4. The molecule has 0 saturated heterocycles. The molecule has 0 atom stereocenters. The predicted octanol–water partition coefficient (Wildman–Crippen LogP) is 1.15. The van der Waals surface area contributed by atoms with Crippen LogP contribution in [0.1, 0.15) is 0 Å². The molecule has 4 aromatic rings. The van der Waals surface area contributed by atoms with E-state index in [1.165, 1.54) is 18.2 Å². The highest BCUT2D eigenvalue weighted by Crippen LogP contribution is 2.19. The number of aromatic nitrogens is 2. The third-order valence-corrected chi connectivity index (χ3v) is 3.80. The van der Waals surface area contributed by atoms with Crippen LogP contribution in [0.15, 0.2) is 57.2 Å². The smallest absolute Gasteiger partial charge is 0.281 e. The highest BCUT2D eigenvalue weighted by atomic mass is 16.6. The van der Waals surface area contributed by atoms with E-state index < -0.39 is 26.8 Å². The van der Waals surface area contributed by atoms with Gasteiger partial charge in [-0.3, -0.25) is 19.7 Å². The minimum Gasteiger partial charge on any atom is -0.323 e. The van der Waals surface area contributed by atoms with E-state index in [2.05, 4.69) is 20.5 Å². The second-order valence-electron chi connectivity index (χ2n) is 5.29. The molecule has 0 spiro atoms. The van der Waals surface area contributed by atoms with Crippen molar-refractivity contribution in [3.05, 3.63) is 78.4 Å². The number of nitro benzene ring substituents is 1. The summed E-state index contributed by atoms with van der Waals surface area (Å²) in [6, 6.07) is 11.2. The monoisotopic (exact) mass is 335 g/mol. The van der Waals surface area contributed by atoms with Crippen LogP contribution in [0.3, 0.4) is 0 Å². The lowest BCUT2D eigenvalue weighted by Gasteiger charge is -1.90. The van der Waals surface area contributed by atoms with Crippen molar-refractivity contribution in [3.63, 3.8) is 0 Å². The summed E-state index contributed by atoms with van der Waals surface area (Å²) in [5.41, 5.74) is 2.12. The van der Waals surface area contributed by atoms with Crippen LogP contribution in [0.25, 0.3) is 21.8 Å². The number of para-hydroxylation sites is 2. The first kappa shape index (κ1) is 14.7. The number of imidazole rings is 1. The number of nitrogens with one attached hydrogen (secondary N) is 2. The Morgan fingerprint density at radius 1 is 1.08 bits per heavy atom. The number of anilines is 1. The summed E-state index contributed by atoms with van der Waals surface area (Å²) in [6.07, 6.45) is 0. The van der Waals surface area contributed by atoms with E-state index in [4.69, 9.17) is 0 Å². The molecule has 0 unspecified atom stereocenters. The Bertz CT molecular complexity index is 1260. The van der Waals surface area contributed by atoms with E-state index in [9.17, 15) is 19.7 Å². The van der Waals surface area contributed by atoms with Crippen LogP contribution < -0.4 is 21.6 Å². The zero-order chi connectivity index (χ0) is 17.6. The van der Waals surface area contributed by atoms with E-state index in [1.807, 2.05) is 18.2 Å². The highest BCUT2D eigenvalue weighted by Gasteiger charge is 2.20. The molecule has 122 valence electrons. The first-order valence-electron chi connectivity index (χ1n) is 7.21. The Morgan fingerprint density at radius 3 is 2.64 bits per heavy atom. The first-order chi connectivity index (χ1) is 12.1. The number of nitro groups is 1. The summed E-state index contributed by atoms with van der Waals surface area (Å²) in [4.78, 5) is 42.3. The van der Waals surface area contributed by atoms with Crippen molar-refractivity contribution in [2.24, 2.45) is 5.10 Å². The summed E-state index contributed by atoms with van der Waals surface area (Å²) in [5.74, 6) is 0.250. The lowest BCUT2D eigenvalue weighted by molar-refractivity contribution is -0.383. The summed E-state index contributed by atoms with van der Waals surface area (Å²) in [5, 5.41) is 14.2. The van der Waals surface area contributed by atoms with E-state index in [0.717, 1.165) is 5.52 Å². The lowest BCUT2D eigenvalue weighted by atomic mass is 10.2. The number of fused-ring (bicyclic) bond motifs is 2. The number of hydrogen-bond donors (Lipinski definition) is 2. The van der Waals surface area contributed by atoms with Gasteiger partial charge in [0, 0.05) is 11.5 Å². The molecule has 1 aromatic heterocycles. The van der Waals surface area contributed by atoms with Crippen molar-refractivity contribution < 1.29 is 4.92 Å². The molecule has 9 nitrogen and oxygen atoms in total. The molecule has 0 bridgehead atoms. The molecule has 4 rings (SSSR count). The number of H-pyrrole nitrogens is 1. The molecule has 0 aliphatic heterocycles. The molecular weight excluding hydrogens is 326 g/mol. The van der Waals surface area contributed by atoms with Gasteiger partial charge in [-0.05, 0) is 18.2 Å². The van der Waals surface area contributed by atoms with Gasteiger partial charge in [0.1, 0.15) is 5.39 Å². The fourth-order valence-electron chi connectivity index (χ4n) is 2.69. The van der Waals surface area contributed by atoms with Gasteiger partial charge in [0.05, 0.1) is 16.0 Å². The van der Waals surface area contributed by atoms with Crippen LogP contribution in [0.2, 0.25) is 0 Å². The normalized spacial score (nSPS) is 12.1. The van der Waals surface area contributed by atoms with Gasteiger partial charge in [0.15, 0.2) is 5.36 Å². The summed E-state index contributed by atoms with van der Waals surface area (Å²) >= 11 is 0. The average molecular weight is 335 g/mol. The number of hydrogen-bond acceptors (Lipinski definition) is 7. The molecule has 25 heavy (non-hydrogen) atoms. The highest BCUT2D eigenvalue weighted by molar-refractivity contribution is 5.91.